The van der Waals surface area contributed by atoms with Crippen LogP contribution in [0.25, 0.3) is 0 Å². The minimum atomic E-state index is -0.149. The molecule has 1 nitrogen and oxygen atoms in total. The van der Waals surface area contributed by atoms with E-state index >= 15 is 0 Å². The second-order valence-electron chi connectivity index (χ2n) is 5.01. The first-order valence-electron chi connectivity index (χ1n) is 5.99. The van der Waals surface area contributed by atoms with Crippen LogP contribution in [0.4, 0.5) is 4.39 Å². The molecule has 0 spiro atoms. The summed E-state index contributed by atoms with van der Waals surface area (Å²) in [6.07, 6.45) is 0.883. The zero-order valence-electron chi connectivity index (χ0n) is 10.6. The second kappa shape index (κ2) is 6.00. The lowest BCUT2D eigenvalue weighted by Gasteiger charge is -2.25. The first-order chi connectivity index (χ1) is 7.49. The van der Waals surface area contributed by atoms with Crippen molar-refractivity contribution in [3.63, 3.8) is 0 Å². The summed E-state index contributed by atoms with van der Waals surface area (Å²) in [4.78, 5) is 0. The molecule has 0 aliphatic heterocycles. The van der Waals surface area contributed by atoms with Crippen LogP contribution in [0.15, 0.2) is 24.3 Å². The van der Waals surface area contributed by atoms with Crippen LogP contribution in [0.3, 0.4) is 0 Å². The van der Waals surface area contributed by atoms with Gasteiger partial charge in [-0.2, -0.15) is 0 Å². The van der Waals surface area contributed by atoms with Gasteiger partial charge in [0.05, 0.1) is 0 Å². The van der Waals surface area contributed by atoms with Gasteiger partial charge < -0.3 is 5.32 Å². The maximum atomic E-state index is 13.1. The summed E-state index contributed by atoms with van der Waals surface area (Å²) >= 11 is 0. The molecule has 0 aliphatic rings. The zero-order chi connectivity index (χ0) is 12.1. The Morgan fingerprint density at radius 3 is 2.38 bits per heavy atom. The van der Waals surface area contributed by atoms with Crippen molar-refractivity contribution < 1.29 is 4.39 Å². The lowest BCUT2D eigenvalue weighted by atomic mass is 9.96. The van der Waals surface area contributed by atoms with E-state index in [-0.39, 0.29) is 5.82 Å². The van der Waals surface area contributed by atoms with Gasteiger partial charge >= 0.3 is 0 Å². The van der Waals surface area contributed by atoms with Gasteiger partial charge in [0, 0.05) is 12.1 Å². The Morgan fingerprint density at radius 2 is 1.88 bits per heavy atom. The zero-order valence-corrected chi connectivity index (χ0v) is 10.6. The van der Waals surface area contributed by atoms with Gasteiger partial charge in [-0.25, -0.2) is 4.39 Å². The van der Waals surface area contributed by atoms with Crippen molar-refractivity contribution in [3.8, 4) is 0 Å². The molecule has 0 radical (unpaired) electrons. The fourth-order valence-corrected chi connectivity index (χ4v) is 1.83. The monoisotopic (exact) mass is 223 g/mol. The van der Waals surface area contributed by atoms with E-state index in [2.05, 4.69) is 33.0 Å². The van der Waals surface area contributed by atoms with Crippen LogP contribution in [0.2, 0.25) is 0 Å². The van der Waals surface area contributed by atoms with E-state index in [1.807, 2.05) is 6.07 Å². The average Bonchev–Trinajstić information content (AvgIpc) is 2.15. The Kier molecular flexibility index (Phi) is 4.94. The van der Waals surface area contributed by atoms with Crippen molar-refractivity contribution in [1.82, 2.24) is 5.32 Å². The number of hydrogen-bond donors (Lipinski definition) is 1. The molecule has 0 aliphatic carbocycles. The summed E-state index contributed by atoms with van der Waals surface area (Å²) in [6, 6.07) is 7.74. The molecule has 1 aromatic rings. The van der Waals surface area contributed by atoms with Crippen LogP contribution < -0.4 is 5.32 Å². The normalized spacial score (nSPS) is 13.4. The first-order valence-corrected chi connectivity index (χ1v) is 5.99. The van der Waals surface area contributed by atoms with E-state index in [1.165, 1.54) is 6.07 Å². The highest BCUT2D eigenvalue weighted by molar-refractivity contribution is 5.17. The molecule has 16 heavy (non-hydrogen) atoms. The number of halogens is 1. The van der Waals surface area contributed by atoms with Crippen LogP contribution in [-0.4, -0.2) is 12.1 Å². The molecule has 1 aromatic carbocycles. The molecular formula is C14H22FN. The van der Waals surface area contributed by atoms with Crippen molar-refractivity contribution in [2.75, 3.05) is 0 Å². The number of hydrogen-bond acceptors (Lipinski definition) is 1. The van der Waals surface area contributed by atoms with Gasteiger partial charge in [0.25, 0.3) is 0 Å². The maximum absolute atomic E-state index is 13.1. The molecule has 1 atom stereocenters. The minimum Gasteiger partial charge on any atom is -0.311 e. The van der Waals surface area contributed by atoms with Gasteiger partial charge in [0.1, 0.15) is 5.82 Å². The predicted molar refractivity (Wildman–Crippen MR) is 67.0 cm³/mol. The molecule has 90 valence electrons. The van der Waals surface area contributed by atoms with E-state index < -0.39 is 0 Å². The van der Waals surface area contributed by atoms with E-state index in [0.717, 1.165) is 12.0 Å². The Bertz CT molecular complexity index is 320. The molecule has 1 N–H and O–H groups in total. The van der Waals surface area contributed by atoms with Crippen molar-refractivity contribution in [2.45, 2.75) is 46.2 Å². The van der Waals surface area contributed by atoms with Crippen LogP contribution in [0, 0.1) is 11.7 Å². The third-order valence-electron chi connectivity index (χ3n) is 2.70. The third-order valence-corrected chi connectivity index (χ3v) is 2.70. The quantitative estimate of drug-likeness (QED) is 0.806. The SMILES string of the molecule is CC(C)N[C@H](Cc1cccc(F)c1)C(C)C. The number of nitrogens with one attached hydrogen (secondary N) is 1. The molecule has 0 saturated carbocycles. The highest BCUT2D eigenvalue weighted by atomic mass is 19.1. The molecule has 0 bridgehead atoms. The summed E-state index contributed by atoms with van der Waals surface area (Å²) in [5, 5.41) is 3.52. The van der Waals surface area contributed by atoms with Crippen molar-refractivity contribution in [3.05, 3.63) is 35.6 Å². The molecule has 0 fully saturated rings. The summed E-state index contributed by atoms with van der Waals surface area (Å²) in [6.45, 7) is 8.67. The van der Waals surface area contributed by atoms with Crippen molar-refractivity contribution in [1.29, 1.82) is 0 Å². The van der Waals surface area contributed by atoms with E-state index in [9.17, 15) is 4.39 Å². The van der Waals surface area contributed by atoms with Gasteiger partial charge in [0.15, 0.2) is 0 Å². The summed E-state index contributed by atoms with van der Waals surface area (Å²) in [5.74, 6) is 0.398. The highest BCUT2D eigenvalue weighted by Gasteiger charge is 2.14. The van der Waals surface area contributed by atoms with Crippen LogP contribution in [-0.2, 0) is 6.42 Å². The molecule has 0 unspecified atom stereocenters. The van der Waals surface area contributed by atoms with Crippen LogP contribution in [0.1, 0.15) is 33.3 Å². The maximum Gasteiger partial charge on any atom is 0.123 e. The van der Waals surface area contributed by atoms with Gasteiger partial charge in [-0.1, -0.05) is 39.8 Å². The van der Waals surface area contributed by atoms with E-state index in [4.69, 9.17) is 0 Å². The molecule has 0 aromatic heterocycles. The lowest BCUT2D eigenvalue weighted by molar-refractivity contribution is 0.368. The average molecular weight is 223 g/mol. The predicted octanol–water partition coefficient (Wildman–Crippen LogP) is 3.39. The van der Waals surface area contributed by atoms with E-state index in [0.29, 0.717) is 18.0 Å². The van der Waals surface area contributed by atoms with Crippen molar-refractivity contribution >= 4 is 0 Å². The second-order valence-corrected chi connectivity index (χ2v) is 5.01. The topological polar surface area (TPSA) is 12.0 Å². The largest absolute Gasteiger partial charge is 0.311 e. The third kappa shape index (κ3) is 4.31. The van der Waals surface area contributed by atoms with Crippen molar-refractivity contribution in [2.24, 2.45) is 5.92 Å². The van der Waals surface area contributed by atoms with E-state index in [1.54, 1.807) is 12.1 Å². The van der Waals surface area contributed by atoms with Crippen LogP contribution >= 0.6 is 0 Å². The minimum absolute atomic E-state index is 0.149. The van der Waals surface area contributed by atoms with Gasteiger partial charge in [-0.3, -0.25) is 0 Å². The lowest BCUT2D eigenvalue weighted by Crippen LogP contribution is -2.40. The smallest absolute Gasteiger partial charge is 0.123 e. The van der Waals surface area contributed by atoms with Gasteiger partial charge in [-0.15, -0.1) is 0 Å². The van der Waals surface area contributed by atoms with Crippen LogP contribution in [0.5, 0.6) is 0 Å². The summed E-state index contributed by atoms with van der Waals surface area (Å²) in [7, 11) is 0. The Labute approximate surface area is 98.1 Å². The molecule has 2 heteroatoms. The van der Waals surface area contributed by atoms with Gasteiger partial charge in [-0.05, 0) is 30.0 Å². The molecule has 0 heterocycles. The molecule has 1 rings (SSSR count). The summed E-state index contributed by atoms with van der Waals surface area (Å²) < 4.78 is 13.1. The first kappa shape index (κ1) is 13.2. The molecule has 0 saturated heterocycles. The number of benzene rings is 1. The highest BCUT2D eigenvalue weighted by Crippen LogP contribution is 2.12. The molecule has 0 amide bonds. The Morgan fingerprint density at radius 1 is 1.19 bits per heavy atom. The fraction of sp³-hybridized carbons (Fsp3) is 0.571. The summed E-state index contributed by atoms with van der Waals surface area (Å²) in [5.41, 5.74) is 1.06. The van der Waals surface area contributed by atoms with Gasteiger partial charge in [0.2, 0.25) is 0 Å². The Hall–Kier alpha value is -0.890. The Balaban J connectivity index is 2.68. The standard InChI is InChI=1S/C14H22FN/c1-10(2)14(16-11(3)4)9-12-6-5-7-13(15)8-12/h5-8,10-11,14,16H,9H2,1-4H3/t14-/m1/s1. The fourth-order valence-electron chi connectivity index (χ4n) is 1.83. The number of rotatable bonds is 5. The molecular weight excluding hydrogens is 201 g/mol.